The van der Waals surface area contributed by atoms with Gasteiger partial charge in [-0.3, -0.25) is 0 Å². The zero-order chi connectivity index (χ0) is 11.5. The van der Waals surface area contributed by atoms with Gasteiger partial charge in [0.15, 0.2) is 0 Å². The number of methoxy groups -OCH3 is 1. The van der Waals surface area contributed by atoms with Crippen molar-refractivity contribution >= 4 is 0 Å². The standard InChI is InChI=1S/C13H14O3/c1-9-3-8-12(16-9)13(14)10-4-6-11(15-2)7-5-10/h3-8,13-14H,1-2H3/t13-/m1/s1. The van der Waals surface area contributed by atoms with Crippen molar-refractivity contribution in [3.05, 3.63) is 53.5 Å². The number of ether oxygens (including phenoxy) is 1. The Kier molecular flexibility index (Phi) is 2.97. The fourth-order valence-electron chi connectivity index (χ4n) is 1.55. The molecule has 0 amide bonds. The highest BCUT2D eigenvalue weighted by atomic mass is 16.5. The highest BCUT2D eigenvalue weighted by molar-refractivity contribution is 5.31. The van der Waals surface area contributed by atoms with Crippen LogP contribution in [0.25, 0.3) is 0 Å². The van der Waals surface area contributed by atoms with E-state index in [9.17, 15) is 5.11 Å². The SMILES string of the molecule is COc1ccc([C@@H](O)c2ccc(C)o2)cc1. The molecule has 1 N–H and O–H groups in total. The maximum atomic E-state index is 10.0. The van der Waals surface area contributed by atoms with Crippen LogP contribution in [-0.4, -0.2) is 12.2 Å². The second-order valence-electron chi connectivity index (χ2n) is 3.62. The molecule has 0 unspecified atom stereocenters. The molecule has 1 atom stereocenters. The Labute approximate surface area is 94.3 Å². The molecule has 1 aromatic carbocycles. The first kappa shape index (κ1) is 10.8. The summed E-state index contributed by atoms with van der Waals surface area (Å²) in [5.74, 6) is 2.12. The van der Waals surface area contributed by atoms with E-state index in [1.807, 2.05) is 37.3 Å². The molecule has 0 aliphatic heterocycles. The van der Waals surface area contributed by atoms with Crippen molar-refractivity contribution in [3.63, 3.8) is 0 Å². The van der Waals surface area contributed by atoms with E-state index in [0.717, 1.165) is 17.1 Å². The van der Waals surface area contributed by atoms with Gasteiger partial charge in [-0.2, -0.15) is 0 Å². The number of aliphatic hydroxyl groups is 1. The Morgan fingerprint density at radius 1 is 1.12 bits per heavy atom. The molecule has 0 spiro atoms. The summed E-state index contributed by atoms with van der Waals surface area (Å²) in [4.78, 5) is 0. The number of aliphatic hydroxyl groups excluding tert-OH is 1. The number of furan rings is 1. The molecule has 0 aliphatic carbocycles. The lowest BCUT2D eigenvalue weighted by Gasteiger charge is -2.08. The molecule has 0 bridgehead atoms. The molecule has 0 saturated carbocycles. The molecule has 0 aliphatic rings. The summed E-state index contributed by atoms with van der Waals surface area (Å²) >= 11 is 0. The predicted octanol–water partition coefficient (Wildman–Crippen LogP) is 2.68. The fourth-order valence-corrected chi connectivity index (χ4v) is 1.55. The van der Waals surface area contributed by atoms with Gasteiger partial charge in [-0.25, -0.2) is 0 Å². The second-order valence-corrected chi connectivity index (χ2v) is 3.62. The fraction of sp³-hybridized carbons (Fsp3) is 0.231. The lowest BCUT2D eigenvalue weighted by atomic mass is 10.1. The molecule has 0 radical (unpaired) electrons. The third-order valence-corrected chi connectivity index (χ3v) is 2.46. The van der Waals surface area contributed by atoms with Gasteiger partial charge in [0.05, 0.1) is 7.11 Å². The van der Waals surface area contributed by atoms with Crippen molar-refractivity contribution in [2.24, 2.45) is 0 Å². The number of aryl methyl sites for hydroxylation is 1. The van der Waals surface area contributed by atoms with Gasteiger partial charge in [0.1, 0.15) is 23.4 Å². The summed E-state index contributed by atoms with van der Waals surface area (Å²) in [5, 5.41) is 10.0. The van der Waals surface area contributed by atoms with E-state index < -0.39 is 6.10 Å². The topological polar surface area (TPSA) is 42.6 Å². The normalized spacial score (nSPS) is 12.4. The first-order chi connectivity index (χ1) is 7.70. The average Bonchev–Trinajstić information content (AvgIpc) is 2.75. The van der Waals surface area contributed by atoms with Crippen LogP contribution in [0, 0.1) is 6.92 Å². The third-order valence-electron chi connectivity index (χ3n) is 2.46. The molecule has 16 heavy (non-hydrogen) atoms. The Morgan fingerprint density at radius 2 is 1.81 bits per heavy atom. The van der Waals surface area contributed by atoms with Crippen LogP contribution in [0.4, 0.5) is 0 Å². The van der Waals surface area contributed by atoms with E-state index >= 15 is 0 Å². The van der Waals surface area contributed by atoms with Gasteiger partial charge in [-0.05, 0) is 36.8 Å². The quantitative estimate of drug-likeness (QED) is 0.861. The molecule has 3 heteroatoms. The molecular weight excluding hydrogens is 204 g/mol. The Balaban J connectivity index is 2.23. The van der Waals surface area contributed by atoms with Gasteiger partial charge in [0.25, 0.3) is 0 Å². The predicted molar refractivity (Wildman–Crippen MR) is 60.5 cm³/mol. The molecule has 84 valence electrons. The van der Waals surface area contributed by atoms with E-state index in [4.69, 9.17) is 9.15 Å². The number of rotatable bonds is 3. The Bertz CT molecular complexity index is 456. The Hall–Kier alpha value is -1.74. The van der Waals surface area contributed by atoms with Crippen LogP contribution in [0.3, 0.4) is 0 Å². The molecular formula is C13H14O3. The number of hydrogen-bond donors (Lipinski definition) is 1. The van der Waals surface area contributed by atoms with Crippen molar-refractivity contribution in [1.82, 2.24) is 0 Å². The summed E-state index contributed by atoms with van der Waals surface area (Å²) in [7, 11) is 1.61. The molecule has 1 aromatic heterocycles. The zero-order valence-electron chi connectivity index (χ0n) is 9.31. The minimum Gasteiger partial charge on any atom is -0.497 e. The highest BCUT2D eigenvalue weighted by Gasteiger charge is 2.13. The highest BCUT2D eigenvalue weighted by Crippen LogP contribution is 2.25. The molecule has 3 nitrogen and oxygen atoms in total. The van der Waals surface area contributed by atoms with Crippen molar-refractivity contribution < 1.29 is 14.3 Å². The molecule has 2 aromatic rings. The minimum absolute atomic E-state index is 0.558. The van der Waals surface area contributed by atoms with Crippen molar-refractivity contribution in [2.75, 3.05) is 7.11 Å². The monoisotopic (exact) mass is 218 g/mol. The number of hydrogen-bond acceptors (Lipinski definition) is 3. The second kappa shape index (κ2) is 4.41. The summed E-state index contributed by atoms with van der Waals surface area (Å²) in [6.07, 6.45) is -0.723. The summed E-state index contributed by atoms with van der Waals surface area (Å²) in [6, 6.07) is 10.9. The van der Waals surface area contributed by atoms with Gasteiger partial charge in [-0.15, -0.1) is 0 Å². The van der Waals surface area contributed by atoms with Crippen molar-refractivity contribution in [2.45, 2.75) is 13.0 Å². The van der Waals surface area contributed by atoms with Crippen LogP contribution in [0.1, 0.15) is 23.2 Å². The number of benzene rings is 1. The van der Waals surface area contributed by atoms with Crippen LogP contribution in [0.2, 0.25) is 0 Å². The van der Waals surface area contributed by atoms with E-state index in [-0.39, 0.29) is 0 Å². The van der Waals surface area contributed by atoms with Crippen LogP contribution >= 0.6 is 0 Å². The van der Waals surface area contributed by atoms with E-state index in [1.54, 1.807) is 13.2 Å². The lowest BCUT2D eigenvalue weighted by Crippen LogP contribution is -1.97. The van der Waals surface area contributed by atoms with E-state index in [2.05, 4.69) is 0 Å². The van der Waals surface area contributed by atoms with Gasteiger partial charge < -0.3 is 14.3 Å². The molecule has 0 fully saturated rings. The smallest absolute Gasteiger partial charge is 0.137 e. The Morgan fingerprint density at radius 3 is 2.31 bits per heavy atom. The largest absolute Gasteiger partial charge is 0.497 e. The average molecular weight is 218 g/mol. The summed E-state index contributed by atoms with van der Waals surface area (Å²) in [6.45, 7) is 1.85. The van der Waals surface area contributed by atoms with E-state index in [0.29, 0.717) is 5.76 Å². The lowest BCUT2D eigenvalue weighted by molar-refractivity contribution is 0.187. The van der Waals surface area contributed by atoms with Gasteiger partial charge in [0.2, 0.25) is 0 Å². The zero-order valence-corrected chi connectivity index (χ0v) is 9.31. The maximum Gasteiger partial charge on any atom is 0.137 e. The van der Waals surface area contributed by atoms with Crippen LogP contribution in [-0.2, 0) is 0 Å². The summed E-state index contributed by atoms with van der Waals surface area (Å²) in [5.41, 5.74) is 0.787. The van der Waals surface area contributed by atoms with Crippen molar-refractivity contribution in [1.29, 1.82) is 0 Å². The molecule has 2 rings (SSSR count). The van der Waals surface area contributed by atoms with E-state index in [1.165, 1.54) is 0 Å². The first-order valence-electron chi connectivity index (χ1n) is 5.09. The van der Waals surface area contributed by atoms with Crippen LogP contribution in [0.15, 0.2) is 40.8 Å². The third kappa shape index (κ3) is 2.09. The molecule has 1 heterocycles. The van der Waals surface area contributed by atoms with Gasteiger partial charge in [-0.1, -0.05) is 12.1 Å². The van der Waals surface area contributed by atoms with Crippen LogP contribution in [0.5, 0.6) is 5.75 Å². The summed E-state index contributed by atoms with van der Waals surface area (Å²) < 4.78 is 10.4. The van der Waals surface area contributed by atoms with Crippen molar-refractivity contribution in [3.8, 4) is 5.75 Å². The van der Waals surface area contributed by atoms with Gasteiger partial charge in [0, 0.05) is 0 Å². The first-order valence-corrected chi connectivity index (χ1v) is 5.09. The molecule has 0 saturated heterocycles. The van der Waals surface area contributed by atoms with Crippen LogP contribution < -0.4 is 4.74 Å². The maximum absolute atomic E-state index is 10.0. The minimum atomic E-state index is -0.723. The van der Waals surface area contributed by atoms with Gasteiger partial charge >= 0.3 is 0 Å².